The molecular formula is C20H20N2O4. The predicted molar refractivity (Wildman–Crippen MR) is 101 cm³/mol. The number of hydrogen-bond acceptors (Lipinski definition) is 4. The first-order valence-electron chi connectivity index (χ1n) is 8.31. The van der Waals surface area contributed by atoms with Gasteiger partial charge in [-0.25, -0.2) is 0 Å². The third-order valence-corrected chi connectivity index (χ3v) is 4.03. The minimum atomic E-state index is -0.294. The summed E-state index contributed by atoms with van der Waals surface area (Å²) >= 11 is 0. The van der Waals surface area contributed by atoms with Gasteiger partial charge in [-0.3, -0.25) is 9.59 Å². The predicted octanol–water partition coefficient (Wildman–Crippen LogP) is 3.05. The minimum absolute atomic E-state index is 0.0729. The largest absolute Gasteiger partial charge is 0.497 e. The van der Waals surface area contributed by atoms with Gasteiger partial charge in [0.1, 0.15) is 11.5 Å². The van der Waals surface area contributed by atoms with Crippen LogP contribution in [0.1, 0.15) is 6.92 Å². The van der Waals surface area contributed by atoms with Gasteiger partial charge in [-0.2, -0.15) is 0 Å². The van der Waals surface area contributed by atoms with E-state index in [2.05, 4.69) is 5.32 Å². The Bertz CT molecular complexity index is 995. The van der Waals surface area contributed by atoms with E-state index < -0.39 is 0 Å². The van der Waals surface area contributed by atoms with Crippen LogP contribution in [0.2, 0.25) is 0 Å². The molecule has 1 amide bonds. The molecule has 0 radical (unpaired) electrons. The fraction of sp³-hybridized carbons (Fsp3) is 0.200. The monoisotopic (exact) mass is 352 g/mol. The van der Waals surface area contributed by atoms with Gasteiger partial charge in [0.2, 0.25) is 0 Å². The van der Waals surface area contributed by atoms with Crippen molar-refractivity contribution in [3.05, 3.63) is 65.1 Å². The number of nitrogens with one attached hydrogen (secondary N) is 1. The zero-order valence-electron chi connectivity index (χ0n) is 14.7. The second kappa shape index (κ2) is 7.74. The highest BCUT2D eigenvalue weighted by atomic mass is 16.5. The van der Waals surface area contributed by atoms with Crippen LogP contribution >= 0.6 is 0 Å². The van der Waals surface area contributed by atoms with Gasteiger partial charge in [0, 0.05) is 29.9 Å². The Morgan fingerprint density at radius 2 is 1.92 bits per heavy atom. The van der Waals surface area contributed by atoms with Crippen LogP contribution in [0.3, 0.4) is 0 Å². The third kappa shape index (κ3) is 3.69. The lowest BCUT2D eigenvalue weighted by Crippen LogP contribution is -2.21. The van der Waals surface area contributed by atoms with Crippen LogP contribution in [-0.4, -0.2) is 24.2 Å². The summed E-state index contributed by atoms with van der Waals surface area (Å²) in [6.07, 6.45) is 1.73. The van der Waals surface area contributed by atoms with Crippen molar-refractivity contribution in [2.45, 2.75) is 13.5 Å². The van der Waals surface area contributed by atoms with E-state index in [0.717, 1.165) is 0 Å². The Morgan fingerprint density at radius 3 is 2.69 bits per heavy atom. The lowest BCUT2D eigenvalue weighted by Gasteiger charge is -2.11. The van der Waals surface area contributed by atoms with Gasteiger partial charge in [0.15, 0.2) is 6.61 Å². The lowest BCUT2D eigenvalue weighted by molar-refractivity contribution is -0.118. The van der Waals surface area contributed by atoms with Crippen molar-refractivity contribution >= 4 is 22.4 Å². The quantitative estimate of drug-likeness (QED) is 0.740. The molecular weight excluding hydrogens is 332 g/mol. The van der Waals surface area contributed by atoms with E-state index >= 15 is 0 Å². The average molecular weight is 352 g/mol. The van der Waals surface area contributed by atoms with Crippen molar-refractivity contribution in [3.8, 4) is 11.5 Å². The molecule has 0 fully saturated rings. The maximum atomic E-state index is 12.4. The molecule has 0 spiro atoms. The van der Waals surface area contributed by atoms with Crippen LogP contribution in [-0.2, 0) is 11.3 Å². The molecule has 1 aromatic heterocycles. The number of aromatic nitrogens is 1. The molecule has 3 aromatic rings. The Hall–Kier alpha value is -3.28. The molecule has 134 valence electrons. The van der Waals surface area contributed by atoms with Crippen molar-refractivity contribution in [2.24, 2.45) is 0 Å². The molecule has 1 N–H and O–H groups in total. The summed E-state index contributed by atoms with van der Waals surface area (Å²) in [5.74, 6) is 0.866. The van der Waals surface area contributed by atoms with Gasteiger partial charge in [0.05, 0.1) is 12.5 Å². The molecule has 6 heteroatoms. The van der Waals surface area contributed by atoms with Crippen molar-refractivity contribution < 1.29 is 14.3 Å². The summed E-state index contributed by atoms with van der Waals surface area (Å²) < 4.78 is 12.4. The van der Waals surface area contributed by atoms with Gasteiger partial charge in [0.25, 0.3) is 11.5 Å². The number of hydrogen-bond donors (Lipinski definition) is 1. The number of nitrogens with zero attached hydrogens (tertiary/aromatic N) is 1. The zero-order valence-corrected chi connectivity index (χ0v) is 14.7. The van der Waals surface area contributed by atoms with Crippen molar-refractivity contribution in [2.75, 3.05) is 19.0 Å². The molecule has 0 aliphatic rings. The Morgan fingerprint density at radius 1 is 1.12 bits per heavy atom. The molecule has 0 saturated heterocycles. The van der Waals surface area contributed by atoms with Crippen LogP contribution in [0.5, 0.6) is 11.5 Å². The summed E-state index contributed by atoms with van der Waals surface area (Å²) in [4.78, 5) is 24.5. The van der Waals surface area contributed by atoms with Gasteiger partial charge in [-0.05, 0) is 37.3 Å². The molecule has 0 aliphatic heterocycles. The number of pyridine rings is 1. The number of anilines is 1. The fourth-order valence-corrected chi connectivity index (χ4v) is 2.71. The topological polar surface area (TPSA) is 69.6 Å². The molecule has 1 heterocycles. The van der Waals surface area contributed by atoms with Gasteiger partial charge in [-0.1, -0.05) is 12.1 Å². The number of benzene rings is 2. The van der Waals surface area contributed by atoms with E-state index in [1.54, 1.807) is 60.3 Å². The first-order chi connectivity index (χ1) is 12.6. The Labute approximate surface area is 151 Å². The number of methoxy groups -OCH3 is 1. The molecule has 6 nitrogen and oxygen atoms in total. The summed E-state index contributed by atoms with van der Waals surface area (Å²) in [6.45, 7) is 2.35. The van der Waals surface area contributed by atoms with Crippen molar-refractivity contribution in [1.82, 2.24) is 4.57 Å². The standard InChI is InChI=1S/C20H20N2O4/c1-3-22-11-10-16-17(20(22)24)8-5-9-18(16)26-13-19(23)21-14-6-4-7-15(12-14)25-2/h4-12H,3,13H2,1-2H3,(H,21,23). The van der Waals surface area contributed by atoms with E-state index in [9.17, 15) is 9.59 Å². The van der Waals surface area contributed by atoms with Crippen LogP contribution in [0.25, 0.3) is 10.8 Å². The third-order valence-electron chi connectivity index (χ3n) is 4.03. The summed E-state index contributed by atoms with van der Waals surface area (Å²) in [7, 11) is 1.57. The van der Waals surface area contributed by atoms with Crippen molar-refractivity contribution in [1.29, 1.82) is 0 Å². The van der Waals surface area contributed by atoms with Crippen LogP contribution < -0.4 is 20.3 Å². The van der Waals surface area contributed by atoms with Gasteiger partial charge in [-0.15, -0.1) is 0 Å². The minimum Gasteiger partial charge on any atom is -0.497 e. The fourth-order valence-electron chi connectivity index (χ4n) is 2.71. The summed E-state index contributed by atoms with van der Waals surface area (Å²) in [5, 5.41) is 4.02. The number of aryl methyl sites for hydroxylation is 1. The van der Waals surface area contributed by atoms with E-state index in [1.807, 2.05) is 13.0 Å². The molecule has 0 unspecified atom stereocenters. The molecule has 2 aromatic carbocycles. The highest BCUT2D eigenvalue weighted by molar-refractivity contribution is 5.93. The Balaban J connectivity index is 1.74. The highest BCUT2D eigenvalue weighted by Crippen LogP contribution is 2.23. The van der Waals surface area contributed by atoms with E-state index in [0.29, 0.717) is 34.5 Å². The van der Waals surface area contributed by atoms with Crippen LogP contribution in [0.4, 0.5) is 5.69 Å². The number of ether oxygens (including phenoxy) is 2. The van der Waals surface area contributed by atoms with E-state index in [-0.39, 0.29) is 18.1 Å². The van der Waals surface area contributed by atoms with Crippen molar-refractivity contribution in [3.63, 3.8) is 0 Å². The second-order valence-corrected chi connectivity index (χ2v) is 5.69. The smallest absolute Gasteiger partial charge is 0.262 e. The molecule has 0 aliphatic carbocycles. The first kappa shape index (κ1) is 17.5. The SMILES string of the molecule is CCn1ccc2c(OCC(=O)Nc3cccc(OC)c3)cccc2c1=O. The van der Waals surface area contributed by atoms with Gasteiger partial charge < -0.3 is 19.4 Å². The summed E-state index contributed by atoms with van der Waals surface area (Å²) in [6, 6.07) is 14.2. The second-order valence-electron chi connectivity index (χ2n) is 5.69. The molecule has 26 heavy (non-hydrogen) atoms. The van der Waals surface area contributed by atoms with Gasteiger partial charge >= 0.3 is 0 Å². The normalized spacial score (nSPS) is 10.5. The molecule has 3 rings (SSSR count). The van der Waals surface area contributed by atoms with E-state index in [1.165, 1.54) is 0 Å². The number of amides is 1. The lowest BCUT2D eigenvalue weighted by atomic mass is 10.1. The first-order valence-corrected chi connectivity index (χ1v) is 8.31. The van der Waals surface area contributed by atoms with Crippen LogP contribution in [0.15, 0.2) is 59.5 Å². The number of fused-ring (bicyclic) bond motifs is 1. The molecule has 0 bridgehead atoms. The number of carbonyl (C=O) groups excluding carboxylic acids is 1. The summed E-state index contributed by atoms with van der Waals surface area (Å²) in [5.41, 5.74) is 0.554. The average Bonchev–Trinajstić information content (AvgIpc) is 2.67. The Kier molecular flexibility index (Phi) is 5.22. The molecule has 0 atom stereocenters. The number of rotatable bonds is 6. The zero-order chi connectivity index (χ0) is 18.5. The molecule has 0 saturated carbocycles. The maximum Gasteiger partial charge on any atom is 0.262 e. The highest BCUT2D eigenvalue weighted by Gasteiger charge is 2.09. The van der Waals surface area contributed by atoms with E-state index in [4.69, 9.17) is 9.47 Å². The maximum absolute atomic E-state index is 12.4. The number of carbonyl (C=O) groups is 1. The van der Waals surface area contributed by atoms with Crippen LogP contribution in [0, 0.1) is 0 Å².